The van der Waals surface area contributed by atoms with Gasteiger partial charge in [-0.3, -0.25) is 4.79 Å². The van der Waals surface area contributed by atoms with E-state index in [1.807, 2.05) is 49.4 Å². The van der Waals surface area contributed by atoms with Crippen LogP contribution in [0.4, 0.5) is 5.69 Å². The summed E-state index contributed by atoms with van der Waals surface area (Å²) < 4.78 is 10.9. The van der Waals surface area contributed by atoms with Gasteiger partial charge in [0.2, 0.25) is 6.79 Å². The minimum absolute atomic E-state index is 0.137. The lowest BCUT2D eigenvalue weighted by Gasteiger charge is -2.26. The molecule has 214 valence electrons. The number of fused-ring (bicyclic) bond motifs is 1. The molecule has 2 aromatic carbocycles. The molecule has 2 atom stereocenters. The Bertz CT molecular complexity index is 1260. The van der Waals surface area contributed by atoms with Crippen LogP contribution in [-0.2, 0) is 0 Å². The molecular weight excluding hydrogens is 500 g/mol. The first-order chi connectivity index (χ1) is 19.4. The molecule has 0 aliphatic carbocycles. The third kappa shape index (κ3) is 7.20. The van der Waals surface area contributed by atoms with E-state index >= 15 is 0 Å². The van der Waals surface area contributed by atoms with Gasteiger partial charge in [0, 0.05) is 22.9 Å². The molecule has 0 fully saturated rings. The van der Waals surface area contributed by atoms with Crippen LogP contribution >= 0.6 is 0 Å². The first-order valence-electron chi connectivity index (χ1n) is 14.7. The number of amides is 1. The Morgan fingerprint density at radius 1 is 1.02 bits per heavy atom. The Labute approximate surface area is 238 Å². The van der Waals surface area contributed by atoms with E-state index in [-0.39, 0.29) is 18.9 Å². The van der Waals surface area contributed by atoms with Crippen LogP contribution in [-0.4, -0.2) is 18.9 Å². The van der Waals surface area contributed by atoms with Crippen molar-refractivity contribution in [3.63, 3.8) is 0 Å². The second kappa shape index (κ2) is 14.0. The van der Waals surface area contributed by atoms with Crippen molar-refractivity contribution in [2.75, 3.05) is 12.1 Å². The Kier molecular flexibility index (Phi) is 10.2. The van der Waals surface area contributed by atoms with Gasteiger partial charge in [-0.25, -0.2) is 0 Å². The Hall–Kier alpha value is -3.87. The number of rotatable bonds is 13. The molecule has 1 amide bonds. The number of allylic oxidation sites excluding steroid dienone is 2. The summed E-state index contributed by atoms with van der Waals surface area (Å²) >= 11 is 0. The summed E-state index contributed by atoms with van der Waals surface area (Å²) in [7, 11) is 0. The number of unbranched alkanes of at least 4 members (excludes halogenated alkanes) is 2. The summed E-state index contributed by atoms with van der Waals surface area (Å²) in [6.45, 7) is 8.81. The molecule has 0 saturated carbocycles. The van der Waals surface area contributed by atoms with Gasteiger partial charge in [0.25, 0.3) is 5.91 Å². The van der Waals surface area contributed by atoms with E-state index in [9.17, 15) is 4.79 Å². The van der Waals surface area contributed by atoms with Gasteiger partial charge >= 0.3 is 0 Å². The number of hydrogen-bond acceptors (Lipinski definition) is 6. The van der Waals surface area contributed by atoms with Crippen LogP contribution in [0.25, 0.3) is 0 Å². The van der Waals surface area contributed by atoms with Gasteiger partial charge in [0.1, 0.15) is 12.0 Å². The Morgan fingerprint density at radius 3 is 2.50 bits per heavy atom. The van der Waals surface area contributed by atoms with Crippen molar-refractivity contribution in [1.29, 1.82) is 0 Å². The smallest absolute Gasteiger partial charge is 0.255 e. The molecule has 0 spiro atoms. The zero-order valence-corrected chi connectivity index (χ0v) is 24.3. The maximum absolute atomic E-state index is 13.4. The molecule has 0 bridgehead atoms. The van der Waals surface area contributed by atoms with Gasteiger partial charge in [-0.15, -0.1) is 0 Å². The number of hydrogen-bond donors (Lipinski definition) is 4. The second-order valence-electron chi connectivity index (χ2n) is 10.6. The average molecular weight is 545 g/mol. The van der Waals surface area contributed by atoms with E-state index in [0.29, 0.717) is 23.1 Å². The zero-order valence-electron chi connectivity index (χ0n) is 24.3. The highest BCUT2D eigenvalue weighted by atomic mass is 16.7. The Morgan fingerprint density at radius 2 is 1.80 bits per heavy atom. The molecule has 7 nitrogen and oxygen atoms in total. The van der Waals surface area contributed by atoms with Crippen molar-refractivity contribution >= 4 is 11.6 Å². The van der Waals surface area contributed by atoms with E-state index < -0.39 is 0 Å². The number of nitrogens with two attached hydrogens (primary N) is 1. The van der Waals surface area contributed by atoms with Crippen molar-refractivity contribution in [2.24, 2.45) is 5.73 Å². The molecule has 2 unspecified atom stereocenters. The van der Waals surface area contributed by atoms with Crippen LogP contribution in [0.3, 0.4) is 0 Å². The SMILES string of the molecule is CCCCCC(CCC)c1ccc(C(=O)NC(=C(C)CC)C2=C(N)NC(Nc3ccc4c(c3)OCO4)C=C2)cc1. The highest BCUT2D eigenvalue weighted by molar-refractivity contribution is 5.96. The molecule has 4 rings (SSSR count). The number of dihydropyridines is 1. The summed E-state index contributed by atoms with van der Waals surface area (Å²) in [6, 6.07) is 13.9. The predicted octanol–water partition coefficient (Wildman–Crippen LogP) is 7.06. The predicted molar refractivity (Wildman–Crippen MR) is 162 cm³/mol. The molecule has 5 N–H and O–H groups in total. The van der Waals surface area contributed by atoms with Gasteiger partial charge in [0.05, 0.1) is 5.70 Å². The highest BCUT2D eigenvalue weighted by Gasteiger charge is 2.21. The first kappa shape index (κ1) is 29.1. The summed E-state index contributed by atoms with van der Waals surface area (Å²) in [6.07, 6.45) is 11.8. The maximum Gasteiger partial charge on any atom is 0.255 e. The van der Waals surface area contributed by atoms with Gasteiger partial charge in [-0.1, -0.05) is 58.6 Å². The Balaban J connectivity index is 1.43. The van der Waals surface area contributed by atoms with Gasteiger partial charge in [-0.2, -0.15) is 0 Å². The number of ether oxygens (including phenoxy) is 2. The number of benzene rings is 2. The van der Waals surface area contributed by atoms with Crippen LogP contribution in [0.15, 0.2) is 77.3 Å². The van der Waals surface area contributed by atoms with Gasteiger partial charge in [-0.05, 0) is 79.7 Å². The molecule has 2 heterocycles. The molecule has 2 aromatic rings. The number of anilines is 1. The van der Waals surface area contributed by atoms with E-state index in [4.69, 9.17) is 15.2 Å². The monoisotopic (exact) mass is 544 g/mol. The molecule has 2 aliphatic rings. The van der Waals surface area contributed by atoms with E-state index in [2.05, 4.69) is 48.9 Å². The summed E-state index contributed by atoms with van der Waals surface area (Å²) in [4.78, 5) is 13.4. The fourth-order valence-corrected chi connectivity index (χ4v) is 5.18. The third-order valence-electron chi connectivity index (χ3n) is 7.65. The molecule has 2 aliphatic heterocycles. The van der Waals surface area contributed by atoms with Gasteiger partial charge < -0.3 is 31.2 Å². The van der Waals surface area contributed by atoms with Crippen LogP contribution < -0.4 is 31.2 Å². The molecule has 40 heavy (non-hydrogen) atoms. The van der Waals surface area contributed by atoms with Crippen molar-refractivity contribution in [2.45, 2.75) is 84.7 Å². The summed E-state index contributed by atoms with van der Waals surface area (Å²) in [5.74, 6) is 2.36. The molecule has 7 heteroatoms. The van der Waals surface area contributed by atoms with Crippen molar-refractivity contribution < 1.29 is 14.3 Å². The van der Waals surface area contributed by atoms with Crippen LogP contribution in [0.1, 0.15) is 94.5 Å². The molecular formula is C33H44N4O3. The summed E-state index contributed by atoms with van der Waals surface area (Å²) in [5.41, 5.74) is 11.9. The topological polar surface area (TPSA) is 97.6 Å². The van der Waals surface area contributed by atoms with Crippen LogP contribution in [0.2, 0.25) is 0 Å². The number of nitrogens with one attached hydrogen (secondary N) is 3. The maximum atomic E-state index is 13.4. The number of carbonyl (C=O) groups is 1. The van der Waals surface area contributed by atoms with Gasteiger partial charge in [0.15, 0.2) is 11.5 Å². The largest absolute Gasteiger partial charge is 0.454 e. The van der Waals surface area contributed by atoms with Crippen LogP contribution in [0, 0.1) is 0 Å². The first-order valence-corrected chi connectivity index (χ1v) is 14.7. The van der Waals surface area contributed by atoms with E-state index in [1.165, 1.54) is 37.7 Å². The quantitative estimate of drug-likeness (QED) is 0.202. The minimum atomic E-state index is -0.219. The van der Waals surface area contributed by atoms with E-state index in [1.54, 1.807) is 0 Å². The molecule has 0 saturated heterocycles. The van der Waals surface area contributed by atoms with E-state index in [0.717, 1.165) is 41.1 Å². The molecule has 0 radical (unpaired) electrons. The normalized spacial score (nSPS) is 17.2. The molecule has 0 aromatic heterocycles. The average Bonchev–Trinajstić information content (AvgIpc) is 3.43. The van der Waals surface area contributed by atoms with Crippen molar-refractivity contribution in [1.82, 2.24) is 10.6 Å². The lowest BCUT2D eigenvalue weighted by atomic mass is 9.89. The third-order valence-corrected chi connectivity index (χ3v) is 7.65. The number of carbonyl (C=O) groups excluding carboxylic acids is 1. The van der Waals surface area contributed by atoms with Crippen molar-refractivity contribution in [3.05, 3.63) is 88.4 Å². The highest BCUT2D eigenvalue weighted by Crippen LogP contribution is 2.34. The lowest BCUT2D eigenvalue weighted by Crippen LogP contribution is -2.40. The lowest BCUT2D eigenvalue weighted by molar-refractivity contribution is 0.0966. The fourth-order valence-electron chi connectivity index (χ4n) is 5.18. The minimum Gasteiger partial charge on any atom is -0.454 e. The zero-order chi connectivity index (χ0) is 28.5. The van der Waals surface area contributed by atoms with Crippen LogP contribution in [0.5, 0.6) is 11.5 Å². The van der Waals surface area contributed by atoms with Crippen molar-refractivity contribution in [3.8, 4) is 11.5 Å². The standard InChI is InChI=1S/C33H44N4O3/c1-5-8-9-11-23(10-6-2)24-12-14-25(15-13-24)33(38)37-31(22(4)7-3)27-17-19-30(36-32(27)34)35-26-16-18-28-29(20-26)40-21-39-28/h12-20,23,30,35-36H,5-11,21,34H2,1-4H3,(H,37,38). The second-order valence-corrected chi connectivity index (χ2v) is 10.6. The fraction of sp³-hybridized carbons (Fsp3) is 0.424. The summed E-state index contributed by atoms with van der Waals surface area (Å²) in [5, 5.41) is 9.86.